The Kier molecular flexibility index (Phi) is 8.26. The van der Waals surface area contributed by atoms with Crippen molar-refractivity contribution < 1.29 is 55.3 Å². The Hall–Kier alpha value is -4.66. The molecule has 3 aromatic rings. The van der Waals surface area contributed by atoms with E-state index in [1.54, 1.807) is 6.92 Å². The molecule has 3 aromatic carbocycles. The molecule has 0 heterocycles. The summed E-state index contributed by atoms with van der Waals surface area (Å²) in [5.74, 6) is -5.57. The number of benzene rings is 3. The number of ether oxygens (including phenoxy) is 1. The van der Waals surface area contributed by atoms with Gasteiger partial charge in [0, 0.05) is 17.3 Å². The van der Waals surface area contributed by atoms with E-state index in [9.17, 15) is 46.2 Å². The highest BCUT2D eigenvalue weighted by atomic mass is 32.2. The smallest absolute Gasteiger partial charge is 0.501 e. The number of anilines is 1. The zero-order valence-electron chi connectivity index (χ0n) is 24.3. The quantitative estimate of drug-likeness (QED) is 0.234. The number of nitrogens with one attached hydrogen (secondary N) is 2. The number of carbonyl (C=O) groups is 3. The molecule has 15 heteroatoms. The fraction of sp³-hybridized carbons (Fsp3) is 0.323. The molecule has 2 fully saturated rings. The van der Waals surface area contributed by atoms with Crippen molar-refractivity contribution in [1.29, 1.82) is 0 Å². The highest BCUT2D eigenvalue weighted by Crippen LogP contribution is 2.55. The maximum absolute atomic E-state index is 15.2. The van der Waals surface area contributed by atoms with E-state index in [-0.39, 0.29) is 40.0 Å². The molecule has 0 unspecified atom stereocenters. The molecule has 2 saturated carbocycles. The first kappa shape index (κ1) is 32.7. The molecule has 2 amide bonds. The van der Waals surface area contributed by atoms with Crippen LogP contribution in [-0.4, -0.2) is 54.6 Å². The molecule has 2 bridgehead atoms. The number of halogens is 4. The summed E-state index contributed by atoms with van der Waals surface area (Å²) in [4.78, 5) is 37.9. The average molecular weight is 665 g/mol. The summed E-state index contributed by atoms with van der Waals surface area (Å²) in [6, 6.07) is 9.34. The fourth-order valence-corrected chi connectivity index (χ4v) is 7.48. The van der Waals surface area contributed by atoms with Gasteiger partial charge in [0.25, 0.3) is 15.7 Å². The highest BCUT2D eigenvalue weighted by molar-refractivity contribution is 7.92. The predicted molar refractivity (Wildman–Crippen MR) is 156 cm³/mol. The number of aromatic carboxylic acids is 1. The lowest BCUT2D eigenvalue weighted by atomic mass is 9.73. The number of carboxylic acids is 1. The van der Waals surface area contributed by atoms with Gasteiger partial charge in [0.15, 0.2) is 0 Å². The maximum Gasteiger partial charge on any atom is 0.501 e. The van der Waals surface area contributed by atoms with Crippen LogP contribution in [0.25, 0.3) is 11.1 Å². The predicted octanol–water partition coefficient (Wildman–Crippen LogP) is 5.37. The van der Waals surface area contributed by atoms with Crippen LogP contribution >= 0.6 is 0 Å². The number of methoxy groups -OCH3 is 1. The molecule has 5 rings (SSSR count). The van der Waals surface area contributed by atoms with Crippen LogP contribution in [0, 0.1) is 23.6 Å². The summed E-state index contributed by atoms with van der Waals surface area (Å²) in [5, 5.41) is 24.7. The first-order valence-electron chi connectivity index (χ1n) is 14.0. The number of alkyl halides is 3. The normalized spacial score (nSPS) is 22.3. The third-order valence-electron chi connectivity index (χ3n) is 8.89. The molecule has 0 aliphatic heterocycles. The summed E-state index contributed by atoms with van der Waals surface area (Å²) < 4.78 is 83.6. The zero-order chi connectivity index (χ0) is 33.8. The third kappa shape index (κ3) is 5.63. The molecule has 46 heavy (non-hydrogen) atoms. The molecular weight excluding hydrogens is 636 g/mol. The van der Waals surface area contributed by atoms with Crippen LogP contribution in [0.3, 0.4) is 0 Å². The van der Waals surface area contributed by atoms with E-state index >= 15 is 4.39 Å². The molecule has 244 valence electrons. The van der Waals surface area contributed by atoms with Crippen molar-refractivity contribution in [3.05, 3.63) is 71.5 Å². The second-order valence-electron chi connectivity index (χ2n) is 11.5. The van der Waals surface area contributed by atoms with Crippen LogP contribution in [0.4, 0.5) is 23.2 Å². The summed E-state index contributed by atoms with van der Waals surface area (Å²) in [7, 11) is -4.44. The minimum absolute atomic E-state index is 0.0579. The van der Waals surface area contributed by atoms with Gasteiger partial charge >= 0.3 is 11.5 Å². The van der Waals surface area contributed by atoms with Crippen molar-refractivity contribution >= 4 is 33.3 Å². The van der Waals surface area contributed by atoms with E-state index in [4.69, 9.17) is 4.74 Å². The van der Waals surface area contributed by atoms with Gasteiger partial charge in [-0.15, -0.1) is 0 Å². The van der Waals surface area contributed by atoms with Gasteiger partial charge in [-0.25, -0.2) is 17.6 Å². The Labute approximate surface area is 260 Å². The van der Waals surface area contributed by atoms with E-state index in [1.807, 2.05) is 0 Å². The van der Waals surface area contributed by atoms with Gasteiger partial charge in [-0.1, -0.05) is 12.1 Å². The monoisotopic (exact) mass is 664 g/mol. The average Bonchev–Trinajstić information content (AvgIpc) is 3.56. The molecule has 2 aliphatic carbocycles. The Balaban J connectivity index is 1.45. The second kappa shape index (κ2) is 11.6. The minimum Gasteiger partial charge on any atom is -0.507 e. The Morgan fingerprint density at radius 3 is 2.39 bits per heavy atom. The lowest BCUT2D eigenvalue weighted by molar-refractivity contribution is -0.123. The highest BCUT2D eigenvalue weighted by Gasteiger charge is 2.59. The van der Waals surface area contributed by atoms with Crippen LogP contribution in [-0.2, 0) is 14.6 Å². The van der Waals surface area contributed by atoms with Gasteiger partial charge in [-0.2, -0.15) is 13.2 Å². The Morgan fingerprint density at radius 2 is 1.74 bits per heavy atom. The first-order valence-corrected chi connectivity index (χ1v) is 15.4. The molecule has 0 spiro atoms. The number of sulfone groups is 1. The van der Waals surface area contributed by atoms with Crippen LogP contribution in [0.15, 0.2) is 59.5 Å². The largest absolute Gasteiger partial charge is 0.507 e. The number of fused-ring (bicyclic) bond motifs is 2. The lowest BCUT2D eigenvalue weighted by Crippen LogP contribution is -2.58. The number of amides is 2. The van der Waals surface area contributed by atoms with Gasteiger partial charge in [-0.3, -0.25) is 9.59 Å². The van der Waals surface area contributed by atoms with Gasteiger partial charge < -0.3 is 25.6 Å². The Bertz CT molecular complexity index is 1860. The zero-order valence-corrected chi connectivity index (χ0v) is 25.1. The number of hydrogen-bond acceptors (Lipinski definition) is 7. The number of carbonyl (C=O) groups excluding carboxylic acids is 2. The molecule has 4 atom stereocenters. The van der Waals surface area contributed by atoms with Crippen molar-refractivity contribution in [2.75, 3.05) is 12.4 Å². The molecule has 0 radical (unpaired) electrons. The molecule has 0 saturated heterocycles. The van der Waals surface area contributed by atoms with Crippen LogP contribution in [0.5, 0.6) is 11.5 Å². The van der Waals surface area contributed by atoms with Crippen molar-refractivity contribution in [3.8, 4) is 22.6 Å². The lowest BCUT2D eigenvalue weighted by Gasteiger charge is -2.41. The van der Waals surface area contributed by atoms with Crippen LogP contribution < -0.4 is 15.4 Å². The van der Waals surface area contributed by atoms with Crippen LogP contribution in [0.2, 0.25) is 0 Å². The van der Waals surface area contributed by atoms with Crippen LogP contribution in [0.1, 0.15) is 46.9 Å². The number of rotatable bonds is 8. The van der Waals surface area contributed by atoms with Gasteiger partial charge in [0.1, 0.15) is 22.9 Å². The maximum atomic E-state index is 15.2. The van der Waals surface area contributed by atoms with E-state index < -0.39 is 66.6 Å². The minimum atomic E-state index is -5.66. The van der Waals surface area contributed by atoms with Crippen molar-refractivity contribution in [2.45, 2.75) is 42.1 Å². The second-order valence-corrected chi connectivity index (χ2v) is 13.5. The summed E-state index contributed by atoms with van der Waals surface area (Å²) >= 11 is 0. The SMILES string of the molecule is COc1cc(F)c(-c2ccc(O)c(C(=O)O)c2)cc1C(=O)N[C@]1(C)[C@@H]2CC[C@@H](C2)[C@H]1C(=O)Nc1cccc(S(=O)(=O)C(F)(F)F)c1. The fourth-order valence-electron chi connectivity index (χ4n) is 6.68. The van der Waals surface area contributed by atoms with E-state index in [0.29, 0.717) is 25.3 Å². The number of carboxylic acid groups (broad SMARTS) is 1. The van der Waals surface area contributed by atoms with Gasteiger partial charge in [0.2, 0.25) is 5.91 Å². The van der Waals surface area contributed by atoms with E-state index in [0.717, 1.165) is 30.3 Å². The van der Waals surface area contributed by atoms with Crippen molar-refractivity contribution in [2.24, 2.45) is 17.8 Å². The molecule has 0 aromatic heterocycles. The molecule has 2 aliphatic rings. The summed E-state index contributed by atoms with van der Waals surface area (Å²) in [6.07, 6.45) is 1.88. The number of hydrogen-bond donors (Lipinski definition) is 4. The third-order valence-corrected chi connectivity index (χ3v) is 10.4. The number of aromatic hydroxyl groups is 1. The molecule has 4 N–H and O–H groups in total. The van der Waals surface area contributed by atoms with Gasteiger partial charge in [-0.05, 0) is 80.0 Å². The van der Waals surface area contributed by atoms with Crippen molar-refractivity contribution in [3.63, 3.8) is 0 Å². The first-order chi connectivity index (χ1) is 21.5. The molecular formula is C31H28F4N2O8S. The van der Waals surface area contributed by atoms with E-state index in [1.165, 1.54) is 25.3 Å². The summed E-state index contributed by atoms with van der Waals surface area (Å²) in [6.45, 7) is 1.67. The van der Waals surface area contributed by atoms with Crippen molar-refractivity contribution in [1.82, 2.24) is 5.32 Å². The Morgan fingerprint density at radius 1 is 1.02 bits per heavy atom. The number of phenols is 1. The van der Waals surface area contributed by atoms with Gasteiger partial charge in [0.05, 0.1) is 29.0 Å². The standard InChI is InChI=1S/C31H28F4N2O8S/c1-30(37-27(39)22-13-20(23(32)14-25(22)45-2)15-7-9-24(38)21(11-15)29(41)42)17-8-6-16(10-17)26(30)28(40)36-18-4-3-5-19(12-18)46(43,44)31(33,34)35/h3-5,7,9,11-14,16-17,26,38H,6,8,10H2,1-2H3,(H,36,40)(H,37,39)(H,41,42)/t16-,17+,26-,30+/m0/s1. The summed E-state index contributed by atoms with van der Waals surface area (Å²) in [5.41, 5.74) is -7.59. The molecule has 10 nitrogen and oxygen atoms in total. The van der Waals surface area contributed by atoms with E-state index in [2.05, 4.69) is 10.6 Å². The topological polar surface area (TPSA) is 159 Å².